The van der Waals surface area contributed by atoms with Crippen molar-refractivity contribution in [3.05, 3.63) is 0 Å². The Hall–Kier alpha value is 0.212. The molecule has 4 nitrogen and oxygen atoms in total. The Balaban J connectivity index is 0. The molecule has 0 unspecified atom stereocenters. The van der Waals surface area contributed by atoms with Gasteiger partial charge >= 0.3 is 27.3 Å². The average Bonchev–Trinajstić information content (AvgIpc) is 1.85. The fraction of sp³-hybridized carbons (Fsp3) is 0.667. The zero-order valence-corrected chi connectivity index (χ0v) is 11.1. The number of carbonyl (C=O) groups excluding carboxylic acids is 2. The molecule has 0 saturated heterocycles. The van der Waals surface area contributed by atoms with Crippen LogP contribution in [0.3, 0.4) is 0 Å². The SMILES string of the molecule is O=C([O-])CCSCCC(=O)[O-].[Pb+2]. The molecule has 12 heavy (non-hydrogen) atoms. The molecule has 0 aliphatic heterocycles. The third-order valence-corrected chi connectivity index (χ3v) is 1.89. The fourth-order valence-corrected chi connectivity index (χ4v) is 1.24. The van der Waals surface area contributed by atoms with E-state index in [4.69, 9.17) is 0 Å². The molecular formula is C6H8O4PbS. The van der Waals surface area contributed by atoms with Crippen molar-refractivity contribution in [1.82, 2.24) is 0 Å². The van der Waals surface area contributed by atoms with Crippen molar-refractivity contribution in [1.29, 1.82) is 0 Å². The van der Waals surface area contributed by atoms with E-state index in [2.05, 4.69) is 0 Å². The van der Waals surface area contributed by atoms with Crippen LogP contribution in [0.15, 0.2) is 0 Å². The summed E-state index contributed by atoms with van der Waals surface area (Å²) in [5.74, 6) is -1.41. The van der Waals surface area contributed by atoms with Crippen molar-refractivity contribution in [3.63, 3.8) is 0 Å². The van der Waals surface area contributed by atoms with Gasteiger partial charge in [-0.2, -0.15) is 11.8 Å². The van der Waals surface area contributed by atoms with Gasteiger partial charge < -0.3 is 19.8 Å². The first-order valence-corrected chi connectivity index (χ1v) is 4.26. The van der Waals surface area contributed by atoms with Crippen LogP contribution in [0.4, 0.5) is 0 Å². The number of rotatable bonds is 6. The number of hydrogen-bond donors (Lipinski definition) is 0. The molecule has 0 aromatic carbocycles. The molecule has 0 heterocycles. The van der Waals surface area contributed by atoms with Crippen LogP contribution in [0.5, 0.6) is 0 Å². The molecule has 0 N–H and O–H groups in total. The first kappa shape index (κ1) is 14.7. The van der Waals surface area contributed by atoms with Gasteiger partial charge in [-0.25, -0.2) is 0 Å². The van der Waals surface area contributed by atoms with Gasteiger partial charge in [0.2, 0.25) is 0 Å². The first-order valence-electron chi connectivity index (χ1n) is 3.10. The number of carbonyl (C=O) groups is 2. The summed E-state index contributed by atoms with van der Waals surface area (Å²) in [6.07, 6.45) is -0.0601. The Morgan fingerprint density at radius 1 is 1.00 bits per heavy atom. The molecule has 0 fully saturated rings. The third kappa shape index (κ3) is 12.9. The molecule has 0 aromatic heterocycles. The molecular weight excluding hydrogens is 375 g/mol. The topological polar surface area (TPSA) is 80.3 Å². The summed E-state index contributed by atoms with van der Waals surface area (Å²) in [5, 5.41) is 19.7. The molecule has 0 spiro atoms. The minimum Gasteiger partial charge on any atom is -0.550 e. The van der Waals surface area contributed by atoms with Crippen LogP contribution in [0, 0.1) is 0 Å². The molecule has 0 aliphatic rings. The summed E-state index contributed by atoms with van der Waals surface area (Å²) < 4.78 is 0. The van der Waals surface area contributed by atoms with Crippen LogP contribution < -0.4 is 10.2 Å². The first-order chi connectivity index (χ1) is 5.13. The quantitative estimate of drug-likeness (QED) is 0.378. The Morgan fingerprint density at radius 2 is 1.33 bits per heavy atom. The number of thioether (sulfide) groups is 1. The van der Waals surface area contributed by atoms with Crippen molar-refractivity contribution in [2.24, 2.45) is 0 Å². The number of hydrogen-bond acceptors (Lipinski definition) is 5. The number of carboxylic acids is 2. The van der Waals surface area contributed by atoms with E-state index in [1.165, 1.54) is 11.8 Å². The summed E-state index contributed by atoms with van der Waals surface area (Å²) in [4.78, 5) is 19.7. The largest absolute Gasteiger partial charge is 2.00 e. The third-order valence-electron chi connectivity index (χ3n) is 0.901. The summed E-state index contributed by atoms with van der Waals surface area (Å²) >= 11 is 1.27. The summed E-state index contributed by atoms with van der Waals surface area (Å²) in [6.45, 7) is 0. The van der Waals surface area contributed by atoms with E-state index < -0.39 is 11.9 Å². The second kappa shape index (κ2) is 9.30. The normalized spacial score (nSPS) is 8.67. The van der Waals surface area contributed by atoms with Crippen LogP contribution in [0.25, 0.3) is 0 Å². The number of aliphatic carboxylic acids is 2. The maximum absolute atomic E-state index is 9.84. The van der Waals surface area contributed by atoms with Gasteiger partial charge in [0.15, 0.2) is 0 Å². The van der Waals surface area contributed by atoms with E-state index >= 15 is 0 Å². The molecule has 0 aromatic rings. The second-order valence-corrected chi connectivity index (χ2v) is 3.08. The van der Waals surface area contributed by atoms with Crippen molar-refractivity contribution in [2.45, 2.75) is 12.8 Å². The summed E-state index contributed by atoms with van der Waals surface area (Å²) in [7, 11) is 0. The predicted octanol–water partition coefficient (Wildman–Crippen LogP) is -2.38. The van der Waals surface area contributed by atoms with E-state index in [-0.39, 0.29) is 40.1 Å². The van der Waals surface area contributed by atoms with Gasteiger partial charge in [-0.3, -0.25) is 0 Å². The molecule has 0 atom stereocenters. The summed E-state index contributed by atoms with van der Waals surface area (Å²) in [5.41, 5.74) is 0. The molecule has 66 valence electrons. The van der Waals surface area contributed by atoms with E-state index in [0.717, 1.165) is 0 Å². The monoisotopic (exact) mass is 384 g/mol. The Labute approximate surface area is 94.9 Å². The molecule has 0 saturated carbocycles. The van der Waals surface area contributed by atoms with Crippen molar-refractivity contribution < 1.29 is 19.8 Å². The fourth-order valence-electron chi connectivity index (χ4n) is 0.413. The zero-order valence-electron chi connectivity index (χ0n) is 6.37. The molecule has 0 amide bonds. The van der Waals surface area contributed by atoms with Crippen LogP contribution >= 0.6 is 11.8 Å². The van der Waals surface area contributed by atoms with Crippen LogP contribution in [-0.4, -0.2) is 50.7 Å². The second-order valence-electron chi connectivity index (χ2n) is 1.86. The standard InChI is InChI=1S/C6H10O4S.Pb/c7-5(8)1-3-11-4-2-6(9)10;/h1-4H2,(H,7,8)(H,9,10);/q;+2/p-2. The van der Waals surface area contributed by atoms with Gasteiger partial charge in [0.25, 0.3) is 0 Å². The predicted molar refractivity (Wildman–Crippen MR) is 42.3 cm³/mol. The molecule has 0 rings (SSSR count). The minimum atomic E-state index is -1.11. The van der Waals surface area contributed by atoms with E-state index in [9.17, 15) is 19.8 Å². The van der Waals surface area contributed by atoms with Gasteiger partial charge in [0, 0.05) is 11.9 Å². The van der Waals surface area contributed by atoms with Crippen LogP contribution in [0.2, 0.25) is 0 Å². The maximum atomic E-state index is 9.84. The van der Waals surface area contributed by atoms with Gasteiger partial charge in [0.1, 0.15) is 0 Å². The van der Waals surface area contributed by atoms with E-state index in [1.54, 1.807) is 0 Å². The van der Waals surface area contributed by atoms with E-state index in [1.807, 2.05) is 0 Å². The molecule has 0 bridgehead atoms. The average molecular weight is 383 g/mol. The minimum absolute atomic E-state index is 0. The smallest absolute Gasteiger partial charge is 0.550 e. The molecule has 6 heteroatoms. The van der Waals surface area contributed by atoms with Gasteiger partial charge in [-0.15, -0.1) is 0 Å². The maximum Gasteiger partial charge on any atom is 2.00 e. The van der Waals surface area contributed by atoms with Gasteiger partial charge in [-0.05, 0) is 24.3 Å². The molecule has 0 aliphatic carbocycles. The summed E-state index contributed by atoms with van der Waals surface area (Å²) in [6, 6.07) is 0. The van der Waals surface area contributed by atoms with Crippen molar-refractivity contribution in [2.75, 3.05) is 11.5 Å². The van der Waals surface area contributed by atoms with Gasteiger partial charge in [-0.1, -0.05) is 0 Å². The number of carboxylic acid groups (broad SMARTS) is 2. The van der Waals surface area contributed by atoms with Gasteiger partial charge in [0.05, 0.1) is 0 Å². The van der Waals surface area contributed by atoms with Crippen LogP contribution in [0.1, 0.15) is 12.8 Å². The Kier molecular flexibility index (Phi) is 11.4. The molecule has 2 radical (unpaired) electrons. The van der Waals surface area contributed by atoms with Crippen LogP contribution in [-0.2, 0) is 9.59 Å². The Bertz CT molecular complexity index is 134. The van der Waals surface area contributed by atoms with Crippen molar-refractivity contribution in [3.8, 4) is 0 Å². The zero-order chi connectivity index (χ0) is 8.69. The van der Waals surface area contributed by atoms with Crippen molar-refractivity contribution >= 4 is 51.0 Å². The van der Waals surface area contributed by atoms with E-state index in [0.29, 0.717) is 11.5 Å². The Morgan fingerprint density at radius 3 is 1.58 bits per heavy atom.